The second-order valence-corrected chi connectivity index (χ2v) is 11.5. The molecule has 3 aromatic carbocycles. The zero-order valence-corrected chi connectivity index (χ0v) is 23.5. The van der Waals surface area contributed by atoms with Crippen LogP contribution in [0.25, 0.3) is 10.6 Å². The van der Waals surface area contributed by atoms with Gasteiger partial charge in [0.1, 0.15) is 10.8 Å². The molecule has 7 nitrogen and oxygen atoms in total. The number of hydrogen-bond donors (Lipinski definition) is 3. The van der Waals surface area contributed by atoms with Gasteiger partial charge in [0.25, 0.3) is 11.8 Å². The number of anilines is 1. The van der Waals surface area contributed by atoms with E-state index in [-0.39, 0.29) is 11.8 Å². The number of ether oxygens (including phenoxy) is 1. The Kier molecular flexibility index (Phi) is 8.61. The molecule has 39 heavy (non-hydrogen) atoms. The highest BCUT2D eigenvalue weighted by molar-refractivity contribution is 7.99. The van der Waals surface area contributed by atoms with Crippen molar-refractivity contribution in [1.29, 1.82) is 0 Å². The predicted octanol–water partition coefficient (Wildman–Crippen LogP) is 6.08. The van der Waals surface area contributed by atoms with Crippen molar-refractivity contribution < 1.29 is 14.3 Å². The van der Waals surface area contributed by atoms with E-state index >= 15 is 0 Å². The summed E-state index contributed by atoms with van der Waals surface area (Å²) in [5.41, 5.74) is 2.75. The number of carbonyl (C=O) groups excluding carboxylic acids is 2. The van der Waals surface area contributed by atoms with Crippen molar-refractivity contribution in [2.24, 2.45) is 5.92 Å². The van der Waals surface area contributed by atoms with E-state index < -0.39 is 0 Å². The van der Waals surface area contributed by atoms with E-state index in [0.717, 1.165) is 44.1 Å². The standard InChI is InChI=1S/C30H30N4O3S2/c1-3-31-15-19(2)18-37-22-11-8-20(9-12-22)30-33-17-23(38-30)16-32-28(35)21-10-13-27-25(14-21)34-29(36)24-6-4-5-7-26(24)39-27/h4-14,17,19,31H,3,15-16,18H2,1-2H3,(H,32,35)(H,34,36). The Hall–Kier alpha value is -3.66. The van der Waals surface area contributed by atoms with E-state index in [1.165, 1.54) is 23.1 Å². The summed E-state index contributed by atoms with van der Waals surface area (Å²) in [6.45, 7) is 7.18. The topological polar surface area (TPSA) is 92.3 Å². The van der Waals surface area contributed by atoms with E-state index in [1.54, 1.807) is 24.4 Å². The lowest BCUT2D eigenvalue weighted by molar-refractivity contribution is 0.0949. The van der Waals surface area contributed by atoms with Gasteiger partial charge in [-0.25, -0.2) is 4.98 Å². The number of carbonyl (C=O) groups is 2. The average molecular weight is 559 g/mol. The number of aromatic nitrogens is 1. The lowest BCUT2D eigenvalue weighted by Crippen LogP contribution is -2.24. The Morgan fingerprint density at radius 3 is 2.72 bits per heavy atom. The Morgan fingerprint density at radius 2 is 1.90 bits per heavy atom. The number of hydrogen-bond acceptors (Lipinski definition) is 7. The molecule has 200 valence electrons. The van der Waals surface area contributed by atoms with E-state index in [2.05, 4.69) is 34.8 Å². The highest BCUT2D eigenvalue weighted by Gasteiger charge is 2.21. The van der Waals surface area contributed by atoms with Crippen LogP contribution in [0.3, 0.4) is 0 Å². The minimum absolute atomic E-state index is 0.176. The number of nitrogens with zero attached hydrogens (tertiary/aromatic N) is 1. The fourth-order valence-electron chi connectivity index (χ4n) is 4.08. The van der Waals surface area contributed by atoms with Gasteiger partial charge in [-0.3, -0.25) is 9.59 Å². The van der Waals surface area contributed by atoms with Crippen molar-refractivity contribution in [3.63, 3.8) is 0 Å². The number of fused-ring (bicyclic) bond motifs is 2. The Bertz CT molecular complexity index is 1470. The van der Waals surface area contributed by atoms with Crippen LogP contribution >= 0.6 is 23.1 Å². The highest BCUT2D eigenvalue weighted by Crippen LogP contribution is 2.39. The quantitative estimate of drug-likeness (QED) is 0.218. The van der Waals surface area contributed by atoms with Gasteiger partial charge >= 0.3 is 0 Å². The molecule has 0 fully saturated rings. The molecule has 2 amide bonds. The lowest BCUT2D eigenvalue weighted by atomic mass is 10.1. The first-order valence-corrected chi connectivity index (χ1v) is 14.5. The summed E-state index contributed by atoms with van der Waals surface area (Å²) in [7, 11) is 0. The van der Waals surface area contributed by atoms with Gasteiger partial charge in [-0.15, -0.1) is 11.3 Å². The first kappa shape index (κ1) is 26.9. The first-order chi connectivity index (χ1) is 19.0. The summed E-state index contributed by atoms with van der Waals surface area (Å²) in [6.07, 6.45) is 1.79. The van der Waals surface area contributed by atoms with Crippen molar-refractivity contribution in [3.8, 4) is 16.3 Å². The van der Waals surface area contributed by atoms with Crippen LogP contribution in [0.2, 0.25) is 0 Å². The molecule has 0 saturated heterocycles. The van der Waals surface area contributed by atoms with Crippen LogP contribution in [0, 0.1) is 5.92 Å². The number of benzene rings is 3. The molecule has 4 aromatic rings. The van der Waals surface area contributed by atoms with Crippen LogP contribution in [-0.4, -0.2) is 36.5 Å². The van der Waals surface area contributed by atoms with Crippen LogP contribution in [0.15, 0.2) is 82.7 Å². The van der Waals surface area contributed by atoms with Gasteiger partial charge in [-0.05, 0) is 61.1 Å². The molecule has 1 atom stereocenters. The maximum atomic E-state index is 12.9. The largest absolute Gasteiger partial charge is 0.493 e. The van der Waals surface area contributed by atoms with Crippen molar-refractivity contribution >= 4 is 40.6 Å². The lowest BCUT2D eigenvalue weighted by Gasteiger charge is -2.13. The van der Waals surface area contributed by atoms with Gasteiger partial charge < -0.3 is 20.7 Å². The number of rotatable bonds is 10. The molecule has 0 aliphatic carbocycles. The normalized spacial score (nSPS) is 13.0. The van der Waals surface area contributed by atoms with Gasteiger partial charge in [0.15, 0.2) is 0 Å². The monoisotopic (exact) mass is 558 g/mol. The van der Waals surface area contributed by atoms with E-state index in [0.29, 0.717) is 35.9 Å². The molecule has 0 saturated carbocycles. The molecule has 0 radical (unpaired) electrons. The van der Waals surface area contributed by atoms with Crippen molar-refractivity contribution in [2.75, 3.05) is 25.0 Å². The summed E-state index contributed by atoms with van der Waals surface area (Å²) in [5, 5.41) is 10.1. The Balaban J connectivity index is 1.17. The average Bonchev–Trinajstić information content (AvgIpc) is 3.38. The summed E-state index contributed by atoms with van der Waals surface area (Å²) < 4.78 is 5.90. The summed E-state index contributed by atoms with van der Waals surface area (Å²) >= 11 is 3.05. The SMILES string of the molecule is CCNCC(C)COc1ccc(-c2ncc(CNC(=O)c3ccc4c(c3)NC(=O)c3ccccc3S4)s2)cc1. The van der Waals surface area contributed by atoms with Crippen LogP contribution in [0.5, 0.6) is 5.75 Å². The summed E-state index contributed by atoms with van der Waals surface area (Å²) in [4.78, 5) is 32.8. The fourth-order valence-corrected chi connectivity index (χ4v) is 5.95. The molecule has 0 bridgehead atoms. The molecule has 1 aliphatic heterocycles. The Morgan fingerprint density at radius 1 is 1.08 bits per heavy atom. The van der Waals surface area contributed by atoms with Crippen LogP contribution < -0.4 is 20.7 Å². The second kappa shape index (κ2) is 12.5. The molecule has 0 spiro atoms. The maximum Gasteiger partial charge on any atom is 0.256 e. The second-order valence-electron chi connectivity index (χ2n) is 9.33. The number of nitrogens with one attached hydrogen (secondary N) is 3. The van der Waals surface area contributed by atoms with E-state index in [9.17, 15) is 9.59 Å². The van der Waals surface area contributed by atoms with Gasteiger partial charge in [-0.2, -0.15) is 0 Å². The molecule has 1 aromatic heterocycles. The predicted molar refractivity (Wildman–Crippen MR) is 157 cm³/mol. The van der Waals surface area contributed by atoms with Gasteiger partial charge in [0.05, 0.1) is 24.4 Å². The third-order valence-corrected chi connectivity index (χ3v) is 8.40. The van der Waals surface area contributed by atoms with Crippen molar-refractivity contribution in [3.05, 3.63) is 88.9 Å². The molecular formula is C30H30N4O3S2. The number of thiazole rings is 1. The zero-order chi connectivity index (χ0) is 27.2. The molecule has 1 unspecified atom stereocenters. The van der Waals surface area contributed by atoms with Crippen LogP contribution in [0.1, 0.15) is 39.4 Å². The number of amides is 2. The smallest absolute Gasteiger partial charge is 0.256 e. The van der Waals surface area contributed by atoms with Crippen molar-refractivity contribution in [1.82, 2.24) is 15.6 Å². The minimum Gasteiger partial charge on any atom is -0.493 e. The fraction of sp³-hybridized carbons (Fsp3) is 0.233. The van der Waals surface area contributed by atoms with Crippen LogP contribution in [-0.2, 0) is 6.54 Å². The molecular weight excluding hydrogens is 528 g/mol. The molecule has 3 N–H and O–H groups in total. The first-order valence-electron chi connectivity index (χ1n) is 12.9. The zero-order valence-electron chi connectivity index (χ0n) is 21.8. The molecule has 9 heteroatoms. The summed E-state index contributed by atoms with van der Waals surface area (Å²) in [6, 6.07) is 20.8. The van der Waals surface area contributed by atoms with E-state index in [1.807, 2.05) is 48.5 Å². The molecule has 1 aliphatic rings. The van der Waals surface area contributed by atoms with Gasteiger partial charge in [0, 0.05) is 44.5 Å². The third kappa shape index (κ3) is 6.68. The third-order valence-electron chi connectivity index (χ3n) is 6.20. The van der Waals surface area contributed by atoms with Crippen LogP contribution in [0.4, 0.5) is 5.69 Å². The highest BCUT2D eigenvalue weighted by atomic mass is 32.2. The maximum absolute atomic E-state index is 12.9. The molecule has 2 heterocycles. The van der Waals surface area contributed by atoms with Gasteiger partial charge in [-0.1, -0.05) is 37.7 Å². The van der Waals surface area contributed by atoms with E-state index in [4.69, 9.17) is 4.74 Å². The molecule has 5 rings (SSSR count). The van der Waals surface area contributed by atoms with Crippen molar-refractivity contribution in [2.45, 2.75) is 30.2 Å². The Labute approximate surface area is 236 Å². The minimum atomic E-state index is -0.210. The van der Waals surface area contributed by atoms with Gasteiger partial charge in [0.2, 0.25) is 0 Å². The summed E-state index contributed by atoms with van der Waals surface area (Å²) in [5.74, 6) is 0.885.